The Morgan fingerprint density at radius 3 is 2.44 bits per heavy atom. The van der Waals surface area contributed by atoms with Crippen LogP contribution in [0.1, 0.15) is 28.0 Å². The first-order valence-corrected chi connectivity index (χ1v) is 5.49. The fraction of sp³-hybridized carbons (Fsp3) is 0.333. The van der Waals surface area contributed by atoms with Gasteiger partial charge < -0.3 is 4.74 Å². The second-order valence-corrected chi connectivity index (χ2v) is 3.56. The van der Waals surface area contributed by atoms with Crippen LogP contribution in [0, 0.1) is 0 Å². The molecule has 9 heteroatoms. The highest BCUT2D eigenvalue weighted by Gasteiger charge is 2.35. The Bertz CT molecular complexity index is 449. The number of rotatable bonds is 4. The van der Waals surface area contributed by atoms with E-state index in [1.54, 1.807) is 0 Å². The predicted octanol–water partition coefficient (Wildman–Crippen LogP) is 3.63. The van der Waals surface area contributed by atoms with Crippen molar-refractivity contribution in [3.8, 4) is 5.75 Å². The van der Waals surface area contributed by atoms with Crippen molar-refractivity contribution in [3.63, 3.8) is 0 Å². The van der Waals surface area contributed by atoms with Gasteiger partial charge in [-0.3, -0.25) is 9.78 Å². The molecule has 0 spiro atoms. The fourth-order valence-electron chi connectivity index (χ4n) is 1.18. The molecule has 0 bridgehead atoms. The molecule has 0 aliphatic heterocycles. The quantitative estimate of drug-likeness (QED) is 0.480. The van der Waals surface area contributed by atoms with Crippen molar-refractivity contribution < 1.29 is 31.5 Å². The van der Waals surface area contributed by atoms with E-state index in [2.05, 4.69) is 25.7 Å². The maximum atomic E-state index is 12.5. The van der Waals surface area contributed by atoms with Crippen LogP contribution < -0.4 is 4.74 Å². The van der Waals surface area contributed by atoms with Crippen molar-refractivity contribution in [2.45, 2.75) is 18.1 Å². The van der Waals surface area contributed by atoms with Crippen LogP contribution >= 0.6 is 15.9 Å². The van der Waals surface area contributed by atoms with E-state index in [0.29, 0.717) is 6.20 Å². The lowest BCUT2D eigenvalue weighted by molar-refractivity contribution is -0.275. The third kappa shape index (κ3) is 3.37. The molecule has 0 saturated heterocycles. The molecule has 0 amide bonds. The van der Waals surface area contributed by atoms with Gasteiger partial charge >= 0.3 is 6.36 Å². The van der Waals surface area contributed by atoms with Crippen molar-refractivity contribution in [2.75, 3.05) is 0 Å². The van der Waals surface area contributed by atoms with Crippen molar-refractivity contribution in [1.29, 1.82) is 0 Å². The second kappa shape index (κ2) is 5.59. The number of halogens is 6. The summed E-state index contributed by atoms with van der Waals surface area (Å²) in [6, 6.07) is 0. The molecule has 0 radical (unpaired) electrons. The third-order valence-corrected chi connectivity index (χ3v) is 2.41. The Hall–Kier alpha value is -1.25. The smallest absolute Gasteiger partial charge is 0.403 e. The fourth-order valence-corrected chi connectivity index (χ4v) is 1.58. The number of nitrogens with zero attached hydrogens (tertiary/aromatic N) is 1. The van der Waals surface area contributed by atoms with Gasteiger partial charge in [-0.15, -0.1) is 13.2 Å². The van der Waals surface area contributed by atoms with Crippen molar-refractivity contribution in [1.82, 2.24) is 4.98 Å². The van der Waals surface area contributed by atoms with Gasteiger partial charge in [-0.05, 0) is 0 Å². The molecule has 100 valence electrons. The van der Waals surface area contributed by atoms with Crippen LogP contribution in [0.3, 0.4) is 0 Å². The van der Waals surface area contributed by atoms with Gasteiger partial charge in [0.2, 0.25) is 0 Å². The van der Waals surface area contributed by atoms with E-state index in [1.807, 2.05) is 0 Å². The summed E-state index contributed by atoms with van der Waals surface area (Å²) < 4.78 is 65.0. The first-order chi connectivity index (χ1) is 8.30. The van der Waals surface area contributed by atoms with Gasteiger partial charge in [-0.1, -0.05) is 15.9 Å². The van der Waals surface area contributed by atoms with Crippen molar-refractivity contribution >= 4 is 22.2 Å². The molecule has 1 rings (SSSR count). The number of carbonyl (C=O) groups excluding carboxylic acids is 1. The largest absolute Gasteiger partial charge is 0.573 e. The van der Waals surface area contributed by atoms with Gasteiger partial charge in [0, 0.05) is 11.5 Å². The van der Waals surface area contributed by atoms with E-state index >= 15 is 0 Å². The summed E-state index contributed by atoms with van der Waals surface area (Å²) >= 11 is 2.83. The lowest BCUT2D eigenvalue weighted by atomic mass is 10.1. The monoisotopic (exact) mass is 333 g/mol. The number of aromatic nitrogens is 1. The van der Waals surface area contributed by atoms with Crippen LogP contribution in [0.15, 0.2) is 6.20 Å². The van der Waals surface area contributed by atoms with E-state index in [-0.39, 0.29) is 17.3 Å². The van der Waals surface area contributed by atoms with Gasteiger partial charge in [0.05, 0.1) is 16.8 Å². The minimum atomic E-state index is -5.10. The molecular formula is C9H5BrF5NO2. The molecule has 18 heavy (non-hydrogen) atoms. The summed E-state index contributed by atoms with van der Waals surface area (Å²) in [5.74, 6) is -1.01. The minimum Gasteiger partial charge on any atom is -0.403 e. The van der Waals surface area contributed by atoms with Crippen LogP contribution in [-0.2, 0) is 5.33 Å². The lowest BCUT2D eigenvalue weighted by Crippen LogP contribution is -2.20. The summed E-state index contributed by atoms with van der Waals surface area (Å²) in [6.07, 6.45) is -7.69. The van der Waals surface area contributed by atoms with E-state index in [9.17, 15) is 26.7 Å². The molecule has 0 unspecified atom stereocenters. The van der Waals surface area contributed by atoms with Gasteiger partial charge in [-0.2, -0.15) is 0 Å². The summed E-state index contributed by atoms with van der Waals surface area (Å²) in [5, 5.41) is -0.178. The summed E-state index contributed by atoms with van der Waals surface area (Å²) in [4.78, 5) is 14.1. The van der Waals surface area contributed by atoms with Crippen LogP contribution in [0.5, 0.6) is 5.75 Å². The zero-order valence-electron chi connectivity index (χ0n) is 8.47. The zero-order valence-corrected chi connectivity index (χ0v) is 10.1. The van der Waals surface area contributed by atoms with E-state index in [0.717, 1.165) is 0 Å². The Labute approximate surface area is 106 Å². The molecule has 0 N–H and O–H groups in total. The average Bonchev–Trinajstić information content (AvgIpc) is 2.26. The summed E-state index contributed by atoms with van der Waals surface area (Å²) in [5.41, 5.74) is -2.06. The van der Waals surface area contributed by atoms with Gasteiger partial charge in [0.25, 0.3) is 6.43 Å². The molecule has 0 aliphatic carbocycles. The summed E-state index contributed by atoms with van der Waals surface area (Å²) in [7, 11) is 0. The first-order valence-electron chi connectivity index (χ1n) is 4.37. The molecular weight excluding hydrogens is 329 g/mol. The van der Waals surface area contributed by atoms with Gasteiger partial charge in [0.15, 0.2) is 12.0 Å². The molecule has 0 fully saturated rings. The predicted molar refractivity (Wildman–Crippen MR) is 53.9 cm³/mol. The highest BCUT2D eigenvalue weighted by Crippen LogP contribution is 2.34. The van der Waals surface area contributed by atoms with E-state index in [1.165, 1.54) is 0 Å². The number of aldehydes is 1. The third-order valence-electron chi connectivity index (χ3n) is 1.87. The molecule has 0 saturated carbocycles. The van der Waals surface area contributed by atoms with Crippen LogP contribution in [-0.4, -0.2) is 17.6 Å². The highest BCUT2D eigenvalue weighted by atomic mass is 79.9. The number of carbonyl (C=O) groups is 1. The van der Waals surface area contributed by atoms with E-state index in [4.69, 9.17) is 0 Å². The molecule has 3 nitrogen and oxygen atoms in total. The van der Waals surface area contributed by atoms with Gasteiger partial charge in [0.1, 0.15) is 0 Å². The zero-order chi connectivity index (χ0) is 13.9. The van der Waals surface area contributed by atoms with Crippen molar-refractivity contribution in [2.24, 2.45) is 0 Å². The first kappa shape index (κ1) is 14.8. The Morgan fingerprint density at radius 2 is 2.06 bits per heavy atom. The molecule has 0 atom stereocenters. The maximum Gasteiger partial charge on any atom is 0.573 e. The standard InChI is InChI=1S/C9H5BrF5NO2/c10-1-6-7(18-9(13,14)15)5(3-17)4(2-16-6)8(11)12/h2-3,8H,1H2. The Kier molecular flexibility index (Phi) is 4.60. The van der Waals surface area contributed by atoms with Crippen LogP contribution in [0.4, 0.5) is 22.0 Å². The normalized spacial score (nSPS) is 11.7. The van der Waals surface area contributed by atoms with E-state index < -0.39 is 29.7 Å². The van der Waals surface area contributed by atoms with Crippen LogP contribution in [0.25, 0.3) is 0 Å². The SMILES string of the molecule is O=Cc1c(C(F)F)cnc(CBr)c1OC(F)(F)F. The molecule has 0 aliphatic rings. The highest BCUT2D eigenvalue weighted by molar-refractivity contribution is 9.08. The van der Waals surface area contributed by atoms with Gasteiger partial charge in [-0.25, -0.2) is 8.78 Å². The summed E-state index contributed by atoms with van der Waals surface area (Å²) in [6.45, 7) is 0. The average molecular weight is 334 g/mol. The maximum absolute atomic E-state index is 12.5. The topological polar surface area (TPSA) is 39.2 Å². The molecule has 1 aromatic rings. The second-order valence-electron chi connectivity index (χ2n) is 3.00. The van der Waals surface area contributed by atoms with Crippen LogP contribution in [0.2, 0.25) is 0 Å². The number of pyridine rings is 1. The lowest BCUT2D eigenvalue weighted by Gasteiger charge is -2.15. The minimum absolute atomic E-state index is 0.115. The number of alkyl halides is 6. The number of ether oxygens (including phenoxy) is 1. The number of hydrogen-bond acceptors (Lipinski definition) is 3. The number of hydrogen-bond donors (Lipinski definition) is 0. The molecule has 1 heterocycles. The molecule has 1 aromatic heterocycles. The molecule has 0 aromatic carbocycles. The Morgan fingerprint density at radius 1 is 1.44 bits per heavy atom. The van der Waals surface area contributed by atoms with Crippen molar-refractivity contribution in [3.05, 3.63) is 23.0 Å². The Balaban J connectivity index is 3.42.